The third-order valence-electron chi connectivity index (χ3n) is 17.0. The van der Waals surface area contributed by atoms with Crippen molar-refractivity contribution >= 4 is 81.9 Å². The molecular weight excluding hydrogens is 1290 g/mol. The van der Waals surface area contributed by atoms with Crippen LogP contribution in [0.25, 0.3) is 0 Å². The Balaban J connectivity index is 0.00000188. The Labute approximate surface area is 620 Å². The fourth-order valence-electron chi connectivity index (χ4n) is 11.1. The van der Waals surface area contributed by atoms with Gasteiger partial charge in [0.2, 0.25) is 0 Å². The fourth-order valence-corrected chi connectivity index (χ4v) is 12.5. The predicted molar refractivity (Wildman–Crippen MR) is 397 cm³/mol. The molecule has 0 aliphatic rings. The van der Waals surface area contributed by atoms with Crippen molar-refractivity contribution in [3.63, 3.8) is 0 Å². The molecule has 0 unspecified atom stereocenters. The molecular formula is C80H130CaO14S2. The zero-order valence-electron chi connectivity index (χ0n) is 61.1. The van der Waals surface area contributed by atoms with Gasteiger partial charge >= 0.3 is 61.6 Å². The van der Waals surface area contributed by atoms with E-state index in [1.165, 1.54) is 204 Å². The van der Waals surface area contributed by atoms with E-state index in [1.807, 2.05) is 0 Å². The number of allylic oxidation sites excluding steroid dienone is 8. The summed E-state index contributed by atoms with van der Waals surface area (Å²) in [5, 5.41) is 0. The van der Waals surface area contributed by atoms with E-state index in [4.69, 9.17) is 18.9 Å². The van der Waals surface area contributed by atoms with Crippen LogP contribution in [0.5, 0.6) is 0 Å². The largest absolute Gasteiger partial charge is 2.00 e. The first-order valence-electron chi connectivity index (χ1n) is 38.1. The average molecular weight is 1420 g/mol. The number of benzene rings is 2. The maximum Gasteiger partial charge on any atom is 2.00 e. The normalized spacial score (nSPS) is 11.8. The van der Waals surface area contributed by atoms with Gasteiger partial charge in [-0.1, -0.05) is 294 Å². The van der Waals surface area contributed by atoms with E-state index in [2.05, 4.69) is 76.3 Å². The van der Waals surface area contributed by atoms with Gasteiger partial charge in [0.15, 0.2) is 0 Å². The molecule has 0 aliphatic carbocycles. The molecule has 0 atom stereocenters. The van der Waals surface area contributed by atoms with Gasteiger partial charge in [0.05, 0.1) is 58.5 Å². The Morgan fingerprint density at radius 2 is 0.474 bits per heavy atom. The first-order valence-corrected chi connectivity index (χ1v) is 40.9. The molecule has 0 saturated carbocycles. The van der Waals surface area contributed by atoms with Crippen molar-refractivity contribution in [2.75, 3.05) is 26.4 Å². The zero-order valence-corrected chi connectivity index (χ0v) is 64.9. The van der Waals surface area contributed by atoms with Crippen molar-refractivity contribution in [3.05, 3.63) is 107 Å². The number of carbonyl (C=O) groups is 4. The molecule has 0 spiro atoms. The molecule has 0 amide bonds. The second-order valence-electron chi connectivity index (χ2n) is 25.7. The Morgan fingerprint density at radius 3 is 0.680 bits per heavy atom. The van der Waals surface area contributed by atoms with Gasteiger partial charge in [0.1, 0.15) is 20.2 Å². The number of hydrogen-bond donors (Lipinski definition) is 0. The van der Waals surface area contributed by atoms with Crippen LogP contribution in [-0.4, -0.2) is 114 Å². The van der Waals surface area contributed by atoms with Crippen molar-refractivity contribution in [1.29, 1.82) is 0 Å². The monoisotopic (exact) mass is 1420 g/mol. The fraction of sp³-hybridized carbons (Fsp3) is 0.700. The smallest absolute Gasteiger partial charge is 0.744 e. The Hall–Kier alpha value is -3.64. The van der Waals surface area contributed by atoms with Gasteiger partial charge in [-0.25, -0.2) is 36.0 Å². The summed E-state index contributed by atoms with van der Waals surface area (Å²) in [6, 6.07) is 7.21. The average Bonchev–Trinajstić information content (AvgIpc) is 0.804. The van der Waals surface area contributed by atoms with Crippen molar-refractivity contribution in [2.24, 2.45) is 0 Å². The van der Waals surface area contributed by atoms with Gasteiger partial charge in [0.25, 0.3) is 0 Å². The standard InChI is InChI=1S/2C40H66O7S.Ca/c2*1-3-5-7-9-11-13-15-17-19-21-23-25-27-29-34-46-39(41)36-32-31-33-37(48(43,44)45)38(36)40(42)47-35-30-28-26-24-22-20-18-16-14-12-10-8-6-4-2;/h2*9-12,31-33H,3-8,13-30,34-35H2,1-2H3,(H,43,44,45);/q;;+2/p-2/b2*11-9+,12-10+;. The molecule has 17 heteroatoms. The summed E-state index contributed by atoms with van der Waals surface area (Å²) in [5.41, 5.74) is -1.58. The number of esters is 4. The molecule has 2 aromatic rings. The summed E-state index contributed by atoms with van der Waals surface area (Å²) < 4.78 is 93.0. The number of hydrogen-bond acceptors (Lipinski definition) is 14. The Bertz CT molecular complexity index is 2470. The molecule has 2 aromatic carbocycles. The van der Waals surface area contributed by atoms with Crippen LogP contribution >= 0.6 is 0 Å². The van der Waals surface area contributed by atoms with E-state index in [0.717, 1.165) is 115 Å². The summed E-state index contributed by atoms with van der Waals surface area (Å²) in [4.78, 5) is 50.1. The van der Waals surface area contributed by atoms with Crippen molar-refractivity contribution in [2.45, 2.75) is 346 Å². The third kappa shape index (κ3) is 52.1. The SMILES string of the molecule is CCCC/C=C/CCCCCCCCCCOC(=O)c1cccc(S(=O)(=O)[O-])c1C(=O)OCCCCCCCCCC/C=C/CCCC.CCCC/C=C/CCCCCCCCCCOC(=O)c1cccc(S(=O)(=O)[O-])c1C(=O)OCCCCCCCCCC/C=C/CCCC.[Ca+2]. The van der Waals surface area contributed by atoms with Crippen LogP contribution in [0.3, 0.4) is 0 Å². The van der Waals surface area contributed by atoms with Crippen LogP contribution in [0, 0.1) is 0 Å². The van der Waals surface area contributed by atoms with Gasteiger partial charge in [-0.15, -0.1) is 0 Å². The second kappa shape index (κ2) is 65.7. The van der Waals surface area contributed by atoms with E-state index < -0.39 is 65.0 Å². The first kappa shape index (κ1) is 93.4. The van der Waals surface area contributed by atoms with Crippen LogP contribution in [0.1, 0.15) is 377 Å². The molecule has 0 aliphatic heterocycles. The number of unbranched alkanes of at least 4 members (excludes halogenated alkanes) is 40. The summed E-state index contributed by atoms with van der Waals surface area (Å²) in [6.45, 7) is 9.32. The van der Waals surface area contributed by atoms with Gasteiger partial charge < -0.3 is 28.1 Å². The molecule has 97 heavy (non-hydrogen) atoms. The molecule has 0 fully saturated rings. The van der Waals surface area contributed by atoms with Crippen LogP contribution in [0.2, 0.25) is 0 Å². The molecule has 2 rings (SSSR count). The number of ether oxygens (including phenoxy) is 4. The molecule has 0 aromatic heterocycles. The van der Waals surface area contributed by atoms with Gasteiger partial charge in [-0.3, -0.25) is 0 Å². The quantitative estimate of drug-likeness (QED) is 0.0150. The number of carbonyl (C=O) groups excluding carboxylic acids is 4. The molecule has 0 N–H and O–H groups in total. The van der Waals surface area contributed by atoms with Crippen molar-refractivity contribution in [1.82, 2.24) is 0 Å². The Morgan fingerprint density at radius 1 is 0.289 bits per heavy atom. The van der Waals surface area contributed by atoms with E-state index >= 15 is 0 Å². The molecule has 0 saturated heterocycles. The maximum absolute atomic E-state index is 12.9. The van der Waals surface area contributed by atoms with E-state index in [9.17, 15) is 45.1 Å². The summed E-state index contributed by atoms with van der Waals surface area (Å²) >= 11 is 0. The second-order valence-corrected chi connectivity index (χ2v) is 28.4. The maximum atomic E-state index is 12.9. The predicted octanol–water partition coefficient (Wildman–Crippen LogP) is 22.5. The number of rotatable bonds is 62. The van der Waals surface area contributed by atoms with Crippen LogP contribution < -0.4 is 0 Å². The third-order valence-corrected chi connectivity index (χ3v) is 18.8. The van der Waals surface area contributed by atoms with Crippen molar-refractivity contribution < 1.29 is 64.1 Å². The first-order chi connectivity index (χ1) is 46.6. The minimum atomic E-state index is -5.01. The minimum Gasteiger partial charge on any atom is -0.744 e. The molecule has 0 radical (unpaired) electrons. The Kier molecular flexibility index (Phi) is 63.2. The van der Waals surface area contributed by atoms with E-state index in [-0.39, 0.29) is 75.3 Å². The minimum absolute atomic E-state index is 0. The summed E-state index contributed by atoms with van der Waals surface area (Å²) in [5.74, 6) is -3.64. The van der Waals surface area contributed by atoms with Crippen molar-refractivity contribution in [3.8, 4) is 0 Å². The molecule has 0 heterocycles. The van der Waals surface area contributed by atoms with E-state index in [1.54, 1.807) is 0 Å². The zero-order chi connectivity index (χ0) is 70.3. The molecule has 14 nitrogen and oxygen atoms in total. The van der Waals surface area contributed by atoms with Crippen LogP contribution in [0.4, 0.5) is 0 Å². The van der Waals surface area contributed by atoms with E-state index in [0.29, 0.717) is 25.7 Å². The van der Waals surface area contributed by atoms with Gasteiger partial charge in [0, 0.05) is 0 Å². The summed E-state index contributed by atoms with van der Waals surface area (Å²) in [7, 11) is -10.0. The summed E-state index contributed by atoms with van der Waals surface area (Å²) in [6.07, 6.45) is 72.1. The molecule has 0 bridgehead atoms. The van der Waals surface area contributed by atoms with Crippen LogP contribution in [-0.2, 0) is 39.2 Å². The topological polar surface area (TPSA) is 220 Å². The molecule has 548 valence electrons. The van der Waals surface area contributed by atoms with Gasteiger partial charge in [-0.05, 0) is 127 Å². The van der Waals surface area contributed by atoms with Crippen LogP contribution in [0.15, 0.2) is 94.8 Å². The van der Waals surface area contributed by atoms with Gasteiger partial charge in [-0.2, -0.15) is 0 Å².